The molecule has 1 atom stereocenters. The highest BCUT2D eigenvalue weighted by molar-refractivity contribution is 7.99. The molecule has 6 heteroatoms. The van der Waals surface area contributed by atoms with Gasteiger partial charge in [-0.3, -0.25) is 0 Å². The molecule has 1 fully saturated rings. The van der Waals surface area contributed by atoms with Crippen molar-refractivity contribution >= 4 is 34.4 Å². The SMILES string of the molecule is Fc1cc(F)c2nc(CCl)n(CC3CCCCS3)c2c1. The van der Waals surface area contributed by atoms with E-state index < -0.39 is 11.6 Å². The van der Waals surface area contributed by atoms with Crippen LogP contribution in [-0.4, -0.2) is 20.6 Å². The van der Waals surface area contributed by atoms with Gasteiger partial charge in [0.15, 0.2) is 5.82 Å². The number of benzene rings is 1. The Morgan fingerprint density at radius 2 is 2.20 bits per heavy atom. The number of rotatable bonds is 3. The lowest BCUT2D eigenvalue weighted by Gasteiger charge is -2.22. The second-order valence-electron chi connectivity index (χ2n) is 5.02. The maximum Gasteiger partial charge on any atom is 0.153 e. The monoisotopic (exact) mass is 316 g/mol. The van der Waals surface area contributed by atoms with E-state index in [4.69, 9.17) is 11.6 Å². The summed E-state index contributed by atoms with van der Waals surface area (Å²) >= 11 is 7.83. The van der Waals surface area contributed by atoms with E-state index in [0.29, 0.717) is 23.1 Å². The maximum absolute atomic E-state index is 13.8. The molecule has 0 radical (unpaired) electrons. The first-order chi connectivity index (χ1) is 9.69. The third kappa shape index (κ3) is 2.66. The summed E-state index contributed by atoms with van der Waals surface area (Å²) in [4.78, 5) is 4.22. The average molecular weight is 317 g/mol. The number of hydrogen-bond acceptors (Lipinski definition) is 2. The van der Waals surface area contributed by atoms with E-state index in [0.717, 1.165) is 18.2 Å². The summed E-state index contributed by atoms with van der Waals surface area (Å²) in [6, 6.07) is 2.21. The molecule has 2 aromatic rings. The first-order valence-corrected chi connectivity index (χ1v) is 8.29. The summed E-state index contributed by atoms with van der Waals surface area (Å²) in [5.74, 6) is 0.760. The molecule has 108 valence electrons. The Morgan fingerprint density at radius 1 is 1.35 bits per heavy atom. The number of thioether (sulfide) groups is 1. The fourth-order valence-electron chi connectivity index (χ4n) is 2.66. The normalized spacial score (nSPS) is 19.6. The number of hydrogen-bond donors (Lipinski definition) is 0. The molecule has 0 amide bonds. The number of aromatic nitrogens is 2. The molecule has 1 unspecified atom stereocenters. The average Bonchev–Trinajstić information content (AvgIpc) is 2.78. The predicted octanol–water partition coefficient (Wildman–Crippen LogP) is 4.34. The number of imidazole rings is 1. The quantitative estimate of drug-likeness (QED) is 0.784. The topological polar surface area (TPSA) is 17.8 Å². The lowest BCUT2D eigenvalue weighted by atomic mass is 10.2. The summed E-state index contributed by atoms with van der Waals surface area (Å²) in [6.07, 6.45) is 3.59. The van der Waals surface area contributed by atoms with Crippen LogP contribution >= 0.6 is 23.4 Å². The van der Waals surface area contributed by atoms with Gasteiger partial charge < -0.3 is 4.57 Å². The zero-order valence-corrected chi connectivity index (χ0v) is 12.5. The van der Waals surface area contributed by atoms with Gasteiger partial charge in [-0.25, -0.2) is 13.8 Å². The Hall–Kier alpha value is -0.810. The van der Waals surface area contributed by atoms with E-state index in [1.807, 2.05) is 16.3 Å². The lowest BCUT2D eigenvalue weighted by molar-refractivity contribution is 0.577. The van der Waals surface area contributed by atoms with Crippen LogP contribution in [0.5, 0.6) is 0 Å². The first-order valence-electron chi connectivity index (χ1n) is 6.71. The van der Waals surface area contributed by atoms with Crippen molar-refractivity contribution in [1.82, 2.24) is 9.55 Å². The minimum atomic E-state index is -0.624. The highest BCUT2D eigenvalue weighted by Gasteiger charge is 2.20. The summed E-state index contributed by atoms with van der Waals surface area (Å²) < 4.78 is 29.1. The Balaban J connectivity index is 2.02. The Kier molecular flexibility index (Phi) is 4.17. The highest BCUT2D eigenvalue weighted by Crippen LogP contribution is 2.29. The van der Waals surface area contributed by atoms with E-state index in [-0.39, 0.29) is 11.4 Å². The summed E-state index contributed by atoms with van der Waals surface area (Å²) in [6.45, 7) is 0.714. The highest BCUT2D eigenvalue weighted by atomic mass is 35.5. The van der Waals surface area contributed by atoms with Crippen molar-refractivity contribution < 1.29 is 8.78 Å². The Morgan fingerprint density at radius 3 is 2.90 bits per heavy atom. The Labute approximate surface area is 125 Å². The molecular formula is C14H15ClF2N2S. The van der Waals surface area contributed by atoms with Crippen LogP contribution in [0.2, 0.25) is 0 Å². The third-order valence-electron chi connectivity index (χ3n) is 3.63. The van der Waals surface area contributed by atoms with E-state index in [1.165, 1.54) is 18.9 Å². The minimum Gasteiger partial charge on any atom is -0.326 e. The van der Waals surface area contributed by atoms with Crippen LogP contribution in [0.1, 0.15) is 25.1 Å². The smallest absolute Gasteiger partial charge is 0.153 e. The fourth-order valence-corrected chi connectivity index (χ4v) is 4.15. The van der Waals surface area contributed by atoms with E-state index in [1.54, 1.807) is 0 Å². The maximum atomic E-state index is 13.8. The molecular weight excluding hydrogens is 302 g/mol. The number of nitrogens with zero attached hydrogens (tertiary/aromatic N) is 2. The minimum absolute atomic E-state index is 0.202. The third-order valence-corrected chi connectivity index (χ3v) is 5.25. The number of fused-ring (bicyclic) bond motifs is 1. The second-order valence-corrected chi connectivity index (χ2v) is 6.69. The number of halogens is 3. The van der Waals surface area contributed by atoms with Crippen LogP contribution < -0.4 is 0 Å². The largest absolute Gasteiger partial charge is 0.326 e. The van der Waals surface area contributed by atoms with Crippen LogP contribution in [0, 0.1) is 11.6 Å². The van der Waals surface area contributed by atoms with E-state index in [9.17, 15) is 8.78 Å². The summed E-state index contributed by atoms with van der Waals surface area (Å²) in [7, 11) is 0. The molecule has 1 aromatic carbocycles. The van der Waals surface area contributed by atoms with Crippen LogP contribution in [0.4, 0.5) is 8.78 Å². The van der Waals surface area contributed by atoms with Crippen molar-refractivity contribution in [2.24, 2.45) is 0 Å². The van der Waals surface area contributed by atoms with Crippen LogP contribution in [0.15, 0.2) is 12.1 Å². The molecule has 2 heterocycles. The van der Waals surface area contributed by atoms with Crippen molar-refractivity contribution in [2.45, 2.75) is 36.9 Å². The van der Waals surface area contributed by atoms with Crippen molar-refractivity contribution in [3.05, 3.63) is 29.6 Å². The molecule has 3 rings (SSSR count). The fraction of sp³-hybridized carbons (Fsp3) is 0.500. The van der Waals surface area contributed by atoms with Gasteiger partial charge in [-0.2, -0.15) is 11.8 Å². The van der Waals surface area contributed by atoms with Gasteiger partial charge in [-0.1, -0.05) is 6.42 Å². The van der Waals surface area contributed by atoms with Crippen LogP contribution in [0.25, 0.3) is 11.0 Å². The molecule has 2 nitrogen and oxygen atoms in total. The van der Waals surface area contributed by atoms with E-state index >= 15 is 0 Å². The molecule has 1 aliphatic rings. The summed E-state index contributed by atoms with van der Waals surface area (Å²) in [5, 5.41) is 0.467. The van der Waals surface area contributed by atoms with Crippen molar-refractivity contribution in [2.75, 3.05) is 5.75 Å². The molecule has 0 saturated carbocycles. The zero-order chi connectivity index (χ0) is 14.1. The molecule has 1 saturated heterocycles. The van der Waals surface area contributed by atoms with Crippen molar-refractivity contribution in [3.8, 4) is 0 Å². The second kappa shape index (κ2) is 5.90. The molecule has 0 spiro atoms. The van der Waals surface area contributed by atoms with Gasteiger partial charge in [0.1, 0.15) is 17.2 Å². The molecule has 0 bridgehead atoms. The van der Waals surface area contributed by atoms with Gasteiger partial charge in [-0.05, 0) is 24.7 Å². The predicted molar refractivity (Wildman–Crippen MR) is 79.3 cm³/mol. The van der Waals surface area contributed by atoms with Crippen molar-refractivity contribution in [3.63, 3.8) is 0 Å². The van der Waals surface area contributed by atoms with Crippen LogP contribution in [-0.2, 0) is 12.4 Å². The molecule has 0 aliphatic carbocycles. The zero-order valence-electron chi connectivity index (χ0n) is 10.9. The Bertz CT molecular complexity index is 623. The van der Waals surface area contributed by atoms with Gasteiger partial charge in [-0.15, -0.1) is 11.6 Å². The van der Waals surface area contributed by atoms with Gasteiger partial charge in [0.25, 0.3) is 0 Å². The van der Waals surface area contributed by atoms with Crippen molar-refractivity contribution in [1.29, 1.82) is 0 Å². The molecule has 1 aliphatic heterocycles. The molecule has 1 aromatic heterocycles. The van der Waals surface area contributed by atoms with Gasteiger partial charge in [0.05, 0.1) is 11.4 Å². The molecule has 20 heavy (non-hydrogen) atoms. The lowest BCUT2D eigenvalue weighted by Crippen LogP contribution is -2.18. The standard InChI is InChI=1S/C14H15ClF2N2S/c15-7-13-18-14-11(17)5-9(16)6-12(14)19(13)8-10-3-1-2-4-20-10/h5-6,10H,1-4,7-8H2. The van der Waals surface area contributed by atoms with Gasteiger partial charge in [0, 0.05) is 17.9 Å². The first kappa shape index (κ1) is 14.1. The van der Waals surface area contributed by atoms with Gasteiger partial charge in [0.2, 0.25) is 0 Å². The van der Waals surface area contributed by atoms with Gasteiger partial charge >= 0.3 is 0 Å². The molecule has 0 N–H and O–H groups in total. The van der Waals surface area contributed by atoms with Crippen LogP contribution in [0.3, 0.4) is 0 Å². The summed E-state index contributed by atoms with van der Waals surface area (Å²) in [5.41, 5.74) is 0.715. The number of alkyl halides is 1. The van der Waals surface area contributed by atoms with E-state index in [2.05, 4.69) is 4.98 Å².